The summed E-state index contributed by atoms with van der Waals surface area (Å²) in [5.74, 6) is 0.617. The van der Waals surface area contributed by atoms with Crippen molar-refractivity contribution >= 4 is 45.3 Å². The van der Waals surface area contributed by atoms with Crippen LogP contribution < -0.4 is 5.56 Å². The van der Waals surface area contributed by atoms with Crippen LogP contribution >= 0.6 is 23.4 Å². The van der Waals surface area contributed by atoms with Gasteiger partial charge < -0.3 is 4.98 Å². The molecule has 0 aliphatic carbocycles. The average molecular weight is 432 g/mol. The highest BCUT2D eigenvalue weighted by Crippen LogP contribution is 2.29. The summed E-state index contributed by atoms with van der Waals surface area (Å²) >= 11 is 7.85. The number of rotatable bonds is 4. The third-order valence-electron chi connectivity index (χ3n) is 5.10. The molecule has 6 heteroatoms. The van der Waals surface area contributed by atoms with Gasteiger partial charge in [0.1, 0.15) is 11.0 Å². The summed E-state index contributed by atoms with van der Waals surface area (Å²) in [7, 11) is 0. The molecule has 0 bridgehead atoms. The molecule has 0 radical (unpaired) electrons. The fourth-order valence-electron chi connectivity index (χ4n) is 3.52. The van der Waals surface area contributed by atoms with Crippen LogP contribution in [0.5, 0.6) is 0 Å². The maximum Gasteiger partial charge on any atom is 0.283 e. The number of hydrogen-bond acceptors (Lipinski definition) is 3. The predicted molar refractivity (Wildman–Crippen MR) is 125 cm³/mol. The van der Waals surface area contributed by atoms with E-state index >= 15 is 0 Å². The van der Waals surface area contributed by atoms with Gasteiger partial charge in [-0.2, -0.15) is 0 Å². The van der Waals surface area contributed by atoms with Crippen molar-refractivity contribution in [2.24, 2.45) is 0 Å². The summed E-state index contributed by atoms with van der Waals surface area (Å²) in [5, 5.41) is 2.30. The molecule has 0 fully saturated rings. The van der Waals surface area contributed by atoms with Crippen LogP contribution in [0.15, 0.2) is 82.7 Å². The molecule has 0 aliphatic heterocycles. The van der Waals surface area contributed by atoms with Gasteiger partial charge in [0.15, 0.2) is 5.16 Å². The Hall–Kier alpha value is -3.02. The molecule has 0 aliphatic rings. The molecule has 2 aromatic heterocycles. The minimum atomic E-state index is -0.110. The Labute approximate surface area is 182 Å². The lowest BCUT2D eigenvalue weighted by Crippen LogP contribution is -2.21. The van der Waals surface area contributed by atoms with Gasteiger partial charge in [-0.3, -0.25) is 9.36 Å². The molecule has 30 heavy (non-hydrogen) atoms. The highest BCUT2D eigenvalue weighted by Gasteiger charge is 2.17. The zero-order valence-electron chi connectivity index (χ0n) is 16.2. The Kier molecular flexibility index (Phi) is 4.85. The van der Waals surface area contributed by atoms with Crippen molar-refractivity contribution in [2.75, 3.05) is 0 Å². The zero-order chi connectivity index (χ0) is 20.7. The van der Waals surface area contributed by atoms with Gasteiger partial charge in [-0.25, -0.2) is 4.98 Å². The van der Waals surface area contributed by atoms with Gasteiger partial charge in [-0.05, 0) is 36.8 Å². The number of thioether (sulfide) groups is 1. The molecule has 1 N–H and O–H groups in total. The van der Waals surface area contributed by atoms with Crippen LogP contribution in [-0.4, -0.2) is 14.5 Å². The molecule has 0 spiro atoms. The maximum atomic E-state index is 13.5. The number of nitrogens with one attached hydrogen (secondary N) is 1. The van der Waals surface area contributed by atoms with Crippen LogP contribution in [0, 0.1) is 6.92 Å². The van der Waals surface area contributed by atoms with E-state index in [4.69, 9.17) is 16.6 Å². The van der Waals surface area contributed by atoms with Crippen LogP contribution in [0.1, 0.15) is 11.1 Å². The number of aromatic amines is 1. The summed E-state index contributed by atoms with van der Waals surface area (Å²) in [6.07, 6.45) is 0. The number of nitrogens with zero attached hydrogens (tertiary/aromatic N) is 2. The second kappa shape index (κ2) is 7.67. The summed E-state index contributed by atoms with van der Waals surface area (Å²) in [6, 6.07) is 23.5. The van der Waals surface area contributed by atoms with E-state index in [2.05, 4.69) is 4.98 Å². The highest BCUT2D eigenvalue weighted by atomic mass is 35.5. The highest BCUT2D eigenvalue weighted by molar-refractivity contribution is 7.98. The van der Waals surface area contributed by atoms with E-state index in [-0.39, 0.29) is 5.56 Å². The maximum absolute atomic E-state index is 13.5. The van der Waals surface area contributed by atoms with Crippen LogP contribution in [0.2, 0.25) is 5.02 Å². The number of fused-ring (bicyclic) bond motifs is 3. The SMILES string of the molecule is Cc1ccc(-n2c(SCc3ccccc3Cl)nc3c([nH]c4ccccc43)c2=O)cc1. The molecule has 0 saturated carbocycles. The van der Waals surface area contributed by atoms with Crippen molar-refractivity contribution in [3.8, 4) is 5.69 Å². The molecule has 148 valence electrons. The summed E-state index contributed by atoms with van der Waals surface area (Å²) in [5.41, 5.74) is 4.94. The third kappa shape index (κ3) is 3.30. The zero-order valence-corrected chi connectivity index (χ0v) is 17.8. The Bertz CT molecular complexity index is 1440. The van der Waals surface area contributed by atoms with Crippen molar-refractivity contribution < 1.29 is 0 Å². The topological polar surface area (TPSA) is 50.7 Å². The van der Waals surface area contributed by atoms with Gasteiger partial charge >= 0.3 is 0 Å². The number of para-hydroxylation sites is 1. The van der Waals surface area contributed by atoms with Crippen molar-refractivity contribution in [2.45, 2.75) is 17.8 Å². The Balaban J connectivity index is 1.72. The first-order valence-corrected chi connectivity index (χ1v) is 10.9. The van der Waals surface area contributed by atoms with Crippen molar-refractivity contribution in [1.82, 2.24) is 14.5 Å². The van der Waals surface area contributed by atoms with Gasteiger partial charge in [0.05, 0.1) is 5.69 Å². The Morgan fingerprint density at radius 2 is 1.73 bits per heavy atom. The number of halogens is 1. The standard InChI is InChI=1S/C24H18ClN3OS/c1-15-10-12-17(13-11-15)28-23(29)22-21(18-7-3-5-9-20(18)26-22)27-24(28)30-14-16-6-2-4-8-19(16)25/h2-13,26H,14H2,1H3. The second-order valence-corrected chi connectivity index (χ2v) is 8.49. The largest absolute Gasteiger partial charge is 0.349 e. The van der Waals surface area contributed by atoms with Crippen LogP contribution in [0.3, 0.4) is 0 Å². The lowest BCUT2D eigenvalue weighted by Gasteiger charge is -2.13. The molecule has 0 atom stereocenters. The minimum Gasteiger partial charge on any atom is -0.349 e. The first-order valence-electron chi connectivity index (χ1n) is 9.58. The van der Waals surface area contributed by atoms with Gasteiger partial charge in [-0.1, -0.05) is 77.5 Å². The van der Waals surface area contributed by atoms with Crippen LogP contribution in [-0.2, 0) is 5.75 Å². The number of hydrogen-bond donors (Lipinski definition) is 1. The van der Waals surface area contributed by atoms with Crippen LogP contribution in [0.25, 0.3) is 27.6 Å². The smallest absolute Gasteiger partial charge is 0.283 e. The molecule has 4 nitrogen and oxygen atoms in total. The molecule has 0 amide bonds. The predicted octanol–water partition coefficient (Wildman–Crippen LogP) is 6.12. The number of aromatic nitrogens is 3. The van der Waals surface area contributed by atoms with E-state index in [0.29, 0.717) is 27.0 Å². The molecule has 0 saturated heterocycles. The number of aryl methyl sites for hydroxylation is 1. The first kappa shape index (κ1) is 19.0. The van der Waals surface area contributed by atoms with Gasteiger partial charge in [0.25, 0.3) is 5.56 Å². The molecule has 2 heterocycles. The summed E-state index contributed by atoms with van der Waals surface area (Å²) < 4.78 is 1.68. The summed E-state index contributed by atoms with van der Waals surface area (Å²) in [4.78, 5) is 21.7. The van der Waals surface area contributed by atoms with E-state index < -0.39 is 0 Å². The first-order chi connectivity index (χ1) is 14.6. The van der Waals surface area contributed by atoms with Gasteiger partial charge in [-0.15, -0.1) is 0 Å². The molecule has 5 aromatic rings. The minimum absolute atomic E-state index is 0.110. The normalized spacial score (nSPS) is 11.4. The van der Waals surface area contributed by atoms with Gasteiger partial charge in [0, 0.05) is 21.7 Å². The lowest BCUT2D eigenvalue weighted by molar-refractivity contribution is 0.818. The molecule has 3 aromatic carbocycles. The van der Waals surface area contributed by atoms with Crippen molar-refractivity contribution in [3.63, 3.8) is 0 Å². The lowest BCUT2D eigenvalue weighted by atomic mass is 10.2. The Morgan fingerprint density at radius 1 is 1.00 bits per heavy atom. The number of H-pyrrole nitrogens is 1. The quantitative estimate of drug-likeness (QED) is 0.275. The fraction of sp³-hybridized carbons (Fsp3) is 0.0833. The van der Waals surface area contributed by atoms with E-state index in [9.17, 15) is 4.79 Å². The fourth-order valence-corrected chi connectivity index (χ4v) is 4.81. The monoisotopic (exact) mass is 431 g/mol. The molecular weight excluding hydrogens is 414 g/mol. The van der Waals surface area contributed by atoms with Crippen molar-refractivity contribution in [3.05, 3.63) is 99.3 Å². The van der Waals surface area contributed by atoms with E-state index in [1.807, 2.05) is 79.7 Å². The average Bonchev–Trinajstić information content (AvgIpc) is 3.13. The molecule has 0 unspecified atom stereocenters. The molecular formula is C24H18ClN3OS. The number of benzene rings is 3. The van der Waals surface area contributed by atoms with E-state index in [1.165, 1.54) is 11.8 Å². The van der Waals surface area contributed by atoms with Crippen molar-refractivity contribution in [1.29, 1.82) is 0 Å². The Morgan fingerprint density at radius 3 is 2.53 bits per heavy atom. The van der Waals surface area contributed by atoms with Crippen LogP contribution in [0.4, 0.5) is 0 Å². The summed E-state index contributed by atoms with van der Waals surface area (Å²) in [6.45, 7) is 2.03. The van der Waals surface area contributed by atoms with E-state index in [1.54, 1.807) is 4.57 Å². The molecule has 5 rings (SSSR count). The second-order valence-electron chi connectivity index (χ2n) is 7.14. The van der Waals surface area contributed by atoms with Gasteiger partial charge in [0.2, 0.25) is 0 Å². The van der Waals surface area contributed by atoms with E-state index in [0.717, 1.165) is 27.7 Å². The third-order valence-corrected chi connectivity index (χ3v) is 6.46.